The summed E-state index contributed by atoms with van der Waals surface area (Å²) in [6.07, 6.45) is 4.03. The number of rotatable bonds is 3. The molecule has 7 nitrogen and oxygen atoms in total. The molecule has 0 aromatic carbocycles. The van der Waals surface area contributed by atoms with Crippen LogP contribution in [0.25, 0.3) is 11.1 Å². The van der Waals surface area contributed by atoms with Crippen LogP contribution >= 0.6 is 11.6 Å². The Bertz CT molecular complexity index is 1240. The number of anilines is 1. The Morgan fingerprint density at radius 2 is 2.00 bits per heavy atom. The zero-order valence-corrected chi connectivity index (χ0v) is 21.5. The van der Waals surface area contributed by atoms with E-state index in [4.69, 9.17) is 11.6 Å². The molecule has 0 bridgehead atoms. The molecule has 0 spiro atoms. The van der Waals surface area contributed by atoms with Crippen LogP contribution in [-0.4, -0.2) is 39.4 Å². The number of carbonyl (C=O) groups excluding carboxylic acids is 2. The molecule has 2 amide bonds. The molecule has 2 aliphatic heterocycles. The van der Waals surface area contributed by atoms with Gasteiger partial charge < -0.3 is 14.8 Å². The number of nitrogens with zero attached hydrogens (tertiary/aromatic N) is 4. The summed E-state index contributed by atoms with van der Waals surface area (Å²) in [5, 5.41) is 13.2. The van der Waals surface area contributed by atoms with Crippen LogP contribution in [-0.2, 0) is 22.6 Å². The predicted octanol–water partition coefficient (Wildman–Crippen LogP) is 4.74. The van der Waals surface area contributed by atoms with Gasteiger partial charge in [0, 0.05) is 55.5 Å². The predicted molar refractivity (Wildman–Crippen MR) is 135 cm³/mol. The van der Waals surface area contributed by atoms with E-state index in [1.165, 1.54) is 0 Å². The normalized spacial score (nSPS) is 26.7. The molecule has 4 heterocycles. The van der Waals surface area contributed by atoms with Crippen molar-refractivity contribution in [1.82, 2.24) is 14.5 Å². The molecule has 2 aromatic rings. The minimum absolute atomic E-state index is 0.0293. The van der Waals surface area contributed by atoms with Gasteiger partial charge in [-0.25, -0.2) is 4.98 Å². The van der Waals surface area contributed by atoms with E-state index in [1.807, 2.05) is 17.0 Å². The molecule has 5 rings (SSSR count). The van der Waals surface area contributed by atoms with Crippen molar-refractivity contribution < 1.29 is 9.59 Å². The number of pyridine rings is 1. The summed E-state index contributed by atoms with van der Waals surface area (Å²) in [6.45, 7) is 10.6. The molecule has 4 atom stereocenters. The number of hydrogen-bond donors (Lipinski definition) is 1. The van der Waals surface area contributed by atoms with Crippen LogP contribution in [0.5, 0.6) is 0 Å². The van der Waals surface area contributed by atoms with Crippen molar-refractivity contribution in [2.24, 2.45) is 29.1 Å². The Labute approximate surface area is 211 Å². The fourth-order valence-electron chi connectivity index (χ4n) is 6.51. The van der Waals surface area contributed by atoms with Gasteiger partial charge in [-0.15, -0.1) is 0 Å². The van der Waals surface area contributed by atoms with E-state index in [9.17, 15) is 14.9 Å². The number of aromatic nitrogens is 2. The topological polar surface area (TPSA) is 91.0 Å². The van der Waals surface area contributed by atoms with Crippen LogP contribution in [0.1, 0.15) is 51.9 Å². The second-order valence-corrected chi connectivity index (χ2v) is 11.9. The number of likely N-dealkylation sites (tertiary alicyclic amines) is 1. The monoisotopic (exact) mass is 493 g/mol. The molecular formula is C27H32ClN5O2. The van der Waals surface area contributed by atoms with Gasteiger partial charge in [0.25, 0.3) is 0 Å². The van der Waals surface area contributed by atoms with Crippen molar-refractivity contribution in [3.8, 4) is 17.2 Å². The van der Waals surface area contributed by atoms with Gasteiger partial charge in [0.05, 0.1) is 5.02 Å². The number of hydrogen-bond acceptors (Lipinski definition) is 4. The number of nitriles is 1. The lowest BCUT2D eigenvalue weighted by Crippen LogP contribution is -2.36. The van der Waals surface area contributed by atoms with Crippen molar-refractivity contribution in [2.75, 3.05) is 18.4 Å². The van der Waals surface area contributed by atoms with Gasteiger partial charge in [-0.1, -0.05) is 32.4 Å². The molecule has 2 aromatic heterocycles. The summed E-state index contributed by atoms with van der Waals surface area (Å²) in [4.78, 5) is 31.4. The van der Waals surface area contributed by atoms with E-state index in [-0.39, 0.29) is 23.1 Å². The van der Waals surface area contributed by atoms with E-state index in [1.54, 1.807) is 13.1 Å². The van der Waals surface area contributed by atoms with Crippen LogP contribution < -0.4 is 5.32 Å². The summed E-state index contributed by atoms with van der Waals surface area (Å²) in [6, 6.07) is 6.02. The highest BCUT2D eigenvalue weighted by Gasteiger charge is 2.44. The summed E-state index contributed by atoms with van der Waals surface area (Å²) in [5.74, 6) is 1.67. The van der Waals surface area contributed by atoms with Crippen LogP contribution in [0.2, 0.25) is 5.02 Å². The third kappa shape index (κ3) is 4.33. The van der Waals surface area contributed by atoms with Crippen molar-refractivity contribution in [3.63, 3.8) is 0 Å². The molecule has 0 unspecified atom stereocenters. The van der Waals surface area contributed by atoms with Crippen molar-refractivity contribution in [1.29, 1.82) is 5.26 Å². The maximum absolute atomic E-state index is 13.3. The quantitative estimate of drug-likeness (QED) is 0.668. The standard InChI is InChI=1S/C27H32ClN5O2/c1-15-5-17(6-18-12-32(16(2)34)13-22(15)18)26(35)31-25-8-20(23(28)11-30-25)21-7-19(10-29)33-14-27(3,4)9-24(21)33/h7-8,11,15,17-18,22H,5-6,9,12-14H2,1-4H3,(H,30,31,35)/t15-,17-,18+,22+/m0/s1. The third-order valence-corrected chi connectivity index (χ3v) is 8.54. The molecular weight excluding hydrogens is 462 g/mol. The molecule has 1 N–H and O–H groups in total. The van der Waals surface area contributed by atoms with Gasteiger partial charge in [-0.05, 0) is 54.6 Å². The SMILES string of the molecule is CC(=O)N1C[C@H]2C[C@@H](C(=O)Nc3cc(-c4cc(C#N)n5c4CC(C)(C)C5)c(Cl)cn3)C[C@H](C)[C@H]2C1. The van der Waals surface area contributed by atoms with E-state index in [0.29, 0.717) is 34.3 Å². The summed E-state index contributed by atoms with van der Waals surface area (Å²) < 4.78 is 2.08. The Balaban J connectivity index is 1.36. The lowest BCUT2D eigenvalue weighted by molar-refractivity contribution is -0.128. The molecule has 0 radical (unpaired) electrons. The summed E-state index contributed by atoms with van der Waals surface area (Å²) >= 11 is 6.56. The Kier molecular flexibility index (Phi) is 5.91. The minimum atomic E-state index is -0.108. The number of halogens is 1. The van der Waals surface area contributed by atoms with Gasteiger partial charge in [0.2, 0.25) is 11.8 Å². The fraction of sp³-hybridized carbons (Fsp3) is 0.556. The van der Waals surface area contributed by atoms with E-state index in [2.05, 4.69) is 41.7 Å². The van der Waals surface area contributed by atoms with Crippen molar-refractivity contribution in [2.45, 2.75) is 53.5 Å². The first-order chi connectivity index (χ1) is 16.6. The Morgan fingerprint density at radius 3 is 2.71 bits per heavy atom. The van der Waals surface area contributed by atoms with Crippen LogP contribution in [0, 0.1) is 40.4 Å². The molecule has 1 saturated heterocycles. The average Bonchev–Trinajstić information content (AvgIpc) is 3.46. The highest BCUT2D eigenvalue weighted by molar-refractivity contribution is 6.33. The van der Waals surface area contributed by atoms with Gasteiger partial charge in [0.1, 0.15) is 17.6 Å². The lowest BCUT2D eigenvalue weighted by atomic mass is 9.70. The molecule has 2 fully saturated rings. The maximum Gasteiger partial charge on any atom is 0.228 e. The smallest absolute Gasteiger partial charge is 0.228 e. The maximum atomic E-state index is 13.3. The van der Waals surface area contributed by atoms with Gasteiger partial charge in [-0.3, -0.25) is 9.59 Å². The van der Waals surface area contributed by atoms with E-state index in [0.717, 1.165) is 55.7 Å². The lowest BCUT2D eigenvalue weighted by Gasteiger charge is -2.35. The second-order valence-electron chi connectivity index (χ2n) is 11.5. The molecule has 1 aliphatic carbocycles. The van der Waals surface area contributed by atoms with Gasteiger partial charge in [0.15, 0.2) is 0 Å². The Hall–Kier alpha value is -2.85. The number of carbonyl (C=O) groups is 2. The van der Waals surface area contributed by atoms with Crippen LogP contribution in [0.3, 0.4) is 0 Å². The van der Waals surface area contributed by atoms with Crippen LogP contribution in [0.15, 0.2) is 18.3 Å². The first-order valence-electron chi connectivity index (χ1n) is 12.4. The zero-order valence-electron chi connectivity index (χ0n) is 20.8. The van der Waals surface area contributed by atoms with Gasteiger partial charge >= 0.3 is 0 Å². The third-order valence-electron chi connectivity index (χ3n) is 8.23. The van der Waals surface area contributed by atoms with E-state index >= 15 is 0 Å². The second kappa shape index (κ2) is 8.67. The summed E-state index contributed by atoms with van der Waals surface area (Å²) in [5.41, 5.74) is 3.51. The molecule has 8 heteroatoms. The molecule has 35 heavy (non-hydrogen) atoms. The van der Waals surface area contributed by atoms with E-state index < -0.39 is 0 Å². The van der Waals surface area contributed by atoms with Crippen molar-refractivity contribution >= 4 is 29.2 Å². The molecule has 184 valence electrons. The van der Waals surface area contributed by atoms with Crippen LogP contribution in [0.4, 0.5) is 5.82 Å². The summed E-state index contributed by atoms with van der Waals surface area (Å²) in [7, 11) is 0. The van der Waals surface area contributed by atoms with Crippen molar-refractivity contribution in [3.05, 3.63) is 34.7 Å². The average molecular weight is 494 g/mol. The number of amides is 2. The largest absolute Gasteiger partial charge is 0.342 e. The highest BCUT2D eigenvalue weighted by atomic mass is 35.5. The minimum Gasteiger partial charge on any atom is -0.342 e. The highest BCUT2D eigenvalue weighted by Crippen LogP contribution is 2.44. The molecule has 3 aliphatic rings. The Morgan fingerprint density at radius 1 is 1.23 bits per heavy atom. The number of nitrogens with one attached hydrogen (secondary N) is 1. The fourth-order valence-corrected chi connectivity index (χ4v) is 6.72. The first-order valence-corrected chi connectivity index (χ1v) is 12.8. The molecule has 1 saturated carbocycles. The first kappa shape index (κ1) is 23.9. The number of fused-ring (bicyclic) bond motifs is 2. The van der Waals surface area contributed by atoms with Gasteiger partial charge in [-0.2, -0.15) is 5.26 Å². The zero-order chi connectivity index (χ0) is 25.1.